The number of ether oxygens (including phenoxy) is 2. The van der Waals surface area contributed by atoms with E-state index in [4.69, 9.17) is 14.6 Å². The van der Waals surface area contributed by atoms with Gasteiger partial charge in [0.1, 0.15) is 12.6 Å². The van der Waals surface area contributed by atoms with E-state index in [0.29, 0.717) is 11.4 Å². The van der Waals surface area contributed by atoms with Crippen molar-refractivity contribution in [3.8, 4) is 5.88 Å². The summed E-state index contributed by atoms with van der Waals surface area (Å²) in [4.78, 5) is 28.6. The van der Waals surface area contributed by atoms with E-state index < -0.39 is 5.97 Å². The van der Waals surface area contributed by atoms with Crippen molar-refractivity contribution in [1.29, 1.82) is 0 Å². The number of carboxylic acid groups (broad SMARTS) is 1. The van der Waals surface area contributed by atoms with Crippen LogP contribution in [0.3, 0.4) is 0 Å². The summed E-state index contributed by atoms with van der Waals surface area (Å²) in [5.41, 5.74) is 0.334. The molecule has 0 radical (unpaired) electrons. The van der Waals surface area contributed by atoms with E-state index in [1.165, 1.54) is 31.0 Å². The van der Waals surface area contributed by atoms with Gasteiger partial charge in [0.25, 0.3) is 5.91 Å². The van der Waals surface area contributed by atoms with Gasteiger partial charge in [-0.2, -0.15) is 0 Å². The predicted octanol–water partition coefficient (Wildman–Crippen LogP) is 1.58. The van der Waals surface area contributed by atoms with Crippen LogP contribution in [-0.4, -0.2) is 59.8 Å². The fourth-order valence-electron chi connectivity index (χ4n) is 2.55. The van der Waals surface area contributed by atoms with E-state index in [1.54, 1.807) is 12.1 Å². The molecule has 7 heteroatoms. The first-order valence-electron chi connectivity index (χ1n) is 7.73. The molecule has 1 aromatic rings. The highest BCUT2D eigenvalue weighted by molar-refractivity contribution is 5.95. The molecule has 0 saturated heterocycles. The van der Waals surface area contributed by atoms with Crippen LogP contribution in [0.1, 0.15) is 36.0 Å². The number of rotatable bonds is 8. The lowest BCUT2D eigenvalue weighted by molar-refractivity contribution is -0.137. The number of carboxylic acids is 1. The molecule has 1 aromatic heterocycles. The second-order valence-corrected chi connectivity index (χ2v) is 5.52. The van der Waals surface area contributed by atoms with Crippen LogP contribution >= 0.6 is 0 Å². The van der Waals surface area contributed by atoms with Crippen molar-refractivity contribution >= 4 is 11.9 Å². The molecular formula is C16H22N2O5. The SMILES string of the molecule is COCCN(CC(=O)O)C(=O)c1ccc(OC2CCCC2)nc1. The maximum Gasteiger partial charge on any atom is 0.323 e. The van der Waals surface area contributed by atoms with Crippen molar-refractivity contribution in [2.75, 3.05) is 26.8 Å². The molecule has 1 aliphatic carbocycles. The number of pyridine rings is 1. The van der Waals surface area contributed by atoms with Crippen LogP contribution in [0.2, 0.25) is 0 Å². The summed E-state index contributed by atoms with van der Waals surface area (Å²) < 4.78 is 10.7. The Kier molecular flexibility index (Phi) is 6.34. The lowest BCUT2D eigenvalue weighted by Gasteiger charge is -2.20. The summed E-state index contributed by atoms with van der Waals surface area (Å²) in [5, 5.41) is 8.91. The van der Waals surface area contributed by atoms with Gasteiger partial charge in [-0.15, -0.1) is 0 Å². The number of methoxy groups -OCH3 is 1. The van der Waals surface area contributed by atoms with Crippen molar-refractivity contribution in [2.45, 2.75) is 31.8 Å². The molecule has 1 fully saturated rings. The van der Waals surface area contributed by atoms with Crippen LogP contribution in [-0.2, 0) is 9.53 Å². The van der Waals surface area contributed by atoms with E-state index in [9.17, 15) is 9.59 Å². The normalized spacial score (nSPS) is 14.7. The quantitative estimate of drug-likeness (QED) is 0.781. The van der Waals surface area contributed by atoms with Crippen LogP contribution in [0, 0.1) is 0 Å². The van der Waals surface area contributed by atoms with Gasteiger partial charge in [-0.05, 0) is 31.7 Å². The second kappa shape index (κ2) is 8.47. The maximum absolute atomic E-state index is 12.4. The van der Waals surface area contributed by atoms with Gasteiger partial charge in [0.15, 0.2) is 0 Å². The number of carbonyl (C=O) groups excluding carboxylic acids is 1. The highest BCUT2D eigenvalue weighted by Gasteiger charge is 2.20. The van der Waals surface area contributed by atoms with Gasteiger partial charge in [-0.1, -0.05) is 0 Å². The number of carbonyl (C=O) groups is 2. The second-order valence-electron chi connectivity index (χ2n) is 5.52. The molecule has 126 valence electrons. The Hall–Kier alpha value is -2.15. The molecule has 0 bridgehead atoms. The van der Waals surface area contributed by atoms with Gasteiger partial charge in [-0.25, -0.2) is 4.98 Å². The summed E-state index contributed by atoms with van der Waals surface area (Å²) in [6, 6.07) is 3.27. The standard InChI is InChI=1S/C16H22N2O5/c1-22-9-8-18(11-15(19)20)16(21)12-6-7-14(17-10-12)23-13-4-2-3-5-13/h6-7,10,13H,2-5,8-9,11H2,1H3,(H,19,20). The Balaban J connectivity index is 1.99. The topological polar surface area (TPSA) is 89.0 Å². The lowest BCUT2D eigenvalue weighted by atomic mass is 10.2. The van der Waals surface area contributed by atoms with Crippen LogP contribution in [0.15, 0.2) is 18.3 Å². The van der Waals surface area contributed by atoms with E-state index >= 15 is 0 Å². The summed E-state index contributed by atoms with van der Waals surface area (Å²) in [6.45, 7) is 0.111. The van der Waals surface area contributed by atoms with Gasteiger partial charge >= 0.3 is 5.97 Å². The molecule has 0 atom stereocenters. The fraction of sp³-hybridized carbons (Fsp3) is 0.562. The summed E-state index contributed by atoms with van der Waals surface area (Å²) >= 11 is 0. The molecular weight excluding hydrogens is 300 g/mol. The number of amides is 1. The number of nitrogens with zero attached hydrogens (tertiary/aromatic N) is 2. The van der Waals surface area contributed by atoms with Crippen LogP contribution in [0.5, 0.6) is 5.88 Å². The first-order chi connectivity index (χ1) is 11.1. The first kappa shape index (κ1) is 17.2. The number of hydrogen-bond acceptors (Lipinski definition) is 5. The van der Waals surface area contributed by atoms with Gasteiger partial charge in [0.2, 0.25) is 5.88 Å². The Labute approximate surface area is 135 Å². The van der Waals surface area contributed by atoms with E-state index in [-0.39, 0.29) is 31.7 Å². The smallest absolute Gasteiger partial charge is 0.323 e. The minimum Gasteiger partial charge on any atom is -0.480 e. The fourth-order valence-corrected chi connectivity index (χ4v) is 2.55. The van der Waals surface area contributed by atoms with Crippen molar-refractivity contribution in [1.82, 2.24) is 9.88 Å². The maximum atomic E-state index is 12.4. The number of hydrogen-bond donors (Lipinski definition) is 1. The third-order valence-corrected chi connectivity index (χ3v) is 3.75. The largest absolute Gasteiger partial charge is 0.480 e. The van der Waals surface area contributed by atoms with E-state index in [2.05, 4.69) is 4.98 Å². The minimum atomic E-state index is -1.07. The first-order valence-corrected chi connectivity index (χ1v) is 7.73. The average Bonchev–Trinajstić information content (AvgIpc) is 3.04. The molecule has 1 amide bonds. The highest BCUT2D eigenvalue weighted by Crippen LogP contribution is 2.23. The van der Waals surface area contributed by atoms with Crippen LogP contribution in [0.25, 0.3) is 0 Å². The minimum absolute atomic E-state index is 0.203. The zero-order chi connectivity index (χ0) is 16.7. The Morgan fingerprint density at radius 2 is 2.09 bits per heavy atom. The van der Waals surface area contributed by atoms with Crippen LogP contribution < -0.4 is 4.74 Å². The molecule has 23 heavy (non-hydrogen) atoms. The zero-order valence-corrected chi connectivity index (χ0v) is 13.2. The molecule has 1 heterocycles. The molecule has 2 rings (SSSR count). The number of aromatic nitrogens is 1. The van der Waals surface area contributed by atoms with Crippen molar-refractivity contribution in [3.63, 3.8) is 0 Å². The summed E-state index contributed by atoms with van der Waals surface area (Å²) in [7, 11) is 1.50. The third kappa shape index (κ3) is 5.21. The van der Waals surface area contributed by atoms with E-state index in [1.807, 2.05) is 0 Å². The van der Waals surface area contributed by atoms with Crippen molar-refractivity contribution in [2.24, 2.45) is 0 Å². The summed E-state index contributed by atoms with van der Waals surface area (Å²) in [6.07, 6.45) is 6.04. The van der Waals surface area contributed by atoms with Crippen molar-refractivity contribution in [3.05, 3.63) is 23.9 Å². The highest BCUT2D eigenvalue weighted by atomic mass is 16.5. The molecule has 7 nitrogen and oxygen atoms in total. The lowest BCUT2D eigenvalue weighted by Crippen LogP contribution is -2.38. The molecule has 0 aliphatic heterocycles. The Morgan fingerprint density at radius 3 is 2.65 bits per heavy atom. The van der Waals surface area contributed by atoms with Crippen LogP contribution in [0.4, 0.5) is 0 Å². The molecule has 1 N–H and O–H groups in total. The van der Waals surface area contributed by atoms with Gasteiger partial charge < -0.3 is 19.5 Å². The molecule has 0 spiro atoms. The Bertz CT molecular complexity index is 526. The molecule has 0 aromatic carbocycles. The van der Waals surface area contributed by atoms with Gasteiger partial charge in [0.05, 0.1) is 12.2 Å². The number of aliphatic carboxylic acids is 1. The predicted molar refractivity (Wildman–Crippen MR) is 82.5 cm³/mol. The van der Waals surface area contributed by atoms with Crippen molar-refractivity contribution < 1.29 is 24.2 Å². The van der Waals surface area contributed by atoms with Gasteiger partial charge in [-0.3, -0.25) is 9.59 Å². The third-order valence-electron chi connectivity index (χ3n) is 3.75. The average molecular weight is 322 g/mol. The zero-order valence-electron chi connectivity index (χ0n) is 13.2. The molecule has 0 unspecified atom stereocenters. The van der Waals surface area contributed by atoms with Gasteiger partial charge in [0, 0.05) is 25.9 Å². The monoisotopic (exact) mass is 322 g/mol. The molecule has 1 aliphatic rings. The molecule has 1 saturated carbocycles. The van der Waals surface area contributed by atoms with E-state index in [0.717, 1.165) is 12.8 Å². The Morgan fingerprint density at radius 1 is 1.35 bits per heavy atom. The summed E-state index contributed by atoms with van der Waals surface area (Å²) in [5.74, 6) is -0.955.